The van der Waals surface area contributed by atoms with Gasteiger partial charge in [0, 0.05) is 43.7 Å². The van der Waals surface area contributed by atoms with Gasteiger partial charge in [-0.2, -0.15) is 26.3 Å². The van der Waals surface area contributed by atoms with Crippen LogP contribution in [0.5, 0.6) is 0 Å². The van der Waals surface area contributed by atoms with Crippen molar-refractivity contribution in [3.8, 4) is 0 Å². The minimum atomic E-state index is -5.55. The first-order chi connectivity index (χ1) is 16.3. The molecule has 35 heavy (non-hydrogen) atoms. The lowest BCUT2D eigenvalue weighted by Gasteiger charge is -2.26. The highest BCUT2D eigenvalue weighted by Gasteiger charge is 2.80. The maximum absolute atomic E-state index is 15.4. The van der Waals surface area contributed by atoms with E-state index in [9.17, 15) is 8.78 Å². The summed E-state index contributed by atoms with van der Waals surface area (Å²) in [6.45, 7) is 13.8. The minimum absolute atomic E-state index is 0.200. The molecule has 0 N–H and O–H groups in total. The Balaban J connectivity index is 2.35. The van der Waals surface area contributed by atoms with Crippen LogP contribution in [-0.2, 0) is 13.1 Å². The molecule has 0 saturated carbocycles. The first-order valence-electron chi connectivity index (χ1n) is 11.8. The third-order valence-electron chi connectivity index (χ3n) is 6.59. The molecule has 0 spiro atoms. The van der Waals surface area contributed by atoms with Gasteiger partial charge in [-0.05, 0) is 63.3 Å². The monoisotopic (exact) mass is 538 g/mol. The van der Waals surface area contributed by atoms with Crippen molar-refractivity contribution in [3.05, 3.63) is 42.8 Å². The van der Waals surface area contributed by atoms with E-state index in [1.165, 1.54) is 34.8 Å². The van der Waals surface area contributed by atoms with E-state index in [1.54, 1.807) is 13.8 Å². The molecule has 0 atom stereocenters. The molecule has 0 saturated heterocycles. The van der Waals surface area contributed by atoms with Gasteiger partial charge in [-0.15, -0.1) is 22.7 Å². The lowest BCUT2D eigenvalue weighted by molar-refractivity contribution is -0.254. The molecule has 2 aromatic rings. The maximum atomic E-state index is 15.4. The van der Waals surface area contributed by atoms with Crippen LogP contribution in [0, 0.1) is 13.8 Å². The fraction of sp³-hybridized carbons (Fsp3) is 0.600. The molecule has 3 rings (SSSR count). The quantitative estimate of drug-likeness (QED) is 0.283. The van der Waals surface area contributed by atoms with Crippen LogP contribution >= 0.6 is 22.7 Å². The number of hydrogen-bond donors (Lipinski definition) is 0. The van der Waals surface area contributed by atoms with Gasteiger partial charge in [0.15, 0.2) is 0 Å². The molecule has 0 radical (unpaired) electrons. The second kappa shape index (κ2) is 10.2. The average molecular weight is 539 g/mol. The smallest absolute Gasteiger partial charge is 0.299 e. The summed E-state index contributed by atoms with van der Waals surface area (Å²) < 4.78 is 91.5. The Bertz CT molecular complexity index is 996. The summed E-state index contributed by atoms with van der Waals surface area (Å²) in [4.78, 5) is 5.88. The van der Waals surface area contributed by atoms with E-state index in [-0.39, 0.29) is 24.2 Å². The Morgan fingerprint density at radius 3 is 1.23 bits per heavy atom. The summed E-state index contributed by atoms with van der Waals surface area (Å²) in [6.07, 6.45) is 0. The number of thiophene rings is 2. The lowest BCUT2D eigenvalue weighted by atomic mass is 9.94. The van der Waals surface area contributed by atoms with Crippen LogP contribution in [0.2, 0.25) is 0 Å². The van der Waals surface area contributed by atoms with Crippen molar-refractivity contribution in [1.82, 2.24) is 9.80 Å². The molecular formula is C25H32F6N2S2. The standard InChI is InChI=1S/C25H32F6N2S2/c1-7-32(8-2)13-19-17(11-15(5)34-19)21-22(24(28,29)25(30,31)23(21,26)27)18-12-16(6)35-20(18)14-33(9-3)10-4/h11-12H,7-10,13-14H2,1-6H3. The summed E-state index contributed by atoms with van der Waals surface area (Å²) in [7, 11) is 0. The Hall–Kier alpha value is -1.36. The highest BCUT2D eigenvalue weighted by molar-refractivity contribution is 7.12. The molecule has 0 aliphatic heterocycles. The number of halogens is 6. The van der Waals surface area contributed by atoms with Crippen LogP contribution in [0.4, 0.5) is 26.3 Å². The molecule has 196 valence electrons. The van der Waals surface area contributed by atoms with Crippen LogP contribution in [0.25, 0.3) is 11.1 Å². The third-order valence-corrected chi connectivity index (χ3v) is 8.66. The Morgan fingerprint density at radius 1 is 0.629 bits per heavy atom. The van der Waals surface area contributed by atoms with Crippen LogP contribution in [-0.4, -0.2) is 53.7 Å². The highest BCUT2D eigenvalue weighted by Crippen LogP contribution is 2.65. The molecule has 1 aliphatic rings. The summed E-state index contributed by atoms with van der Waals surface area (Å²) >= 11 is 2.36. The largest absolute Gasteiger partial charge is 0.380 e. The van der Waals surface area contributed by atoms with Gasteiger partial charge in [0.05, 0.1) is 0 Å². The fourth-order valence-electron chi connectivity index (χ4n) is 4.52. The van der Waals surface area contributed by atoms with Gasteiger partial charge in [-0.1, -0.05) is 27.7 Å². The van der Waals surface area contributed by atoms with E-state index in [1.807, 2.05) is 37.5 Å². The number of hydrogen-bond acceptors (Lipinski definition) is 4. The first kappa shape index (κ1) is 28.2. The van der Waals surface area contributed by atoms with Gasteiger partial charge in [-0.3, -0.25) is 9.80 Å². The van der Waals surface area contributed by atoms with Crippen LogP contribution < -0.4 is 0 Å². The molecule has 2 heterocycles. The lowest BCUT2D eigenvalue weighted by Crippen LogP contribution is -2.49. The van der Waals surface area contributed by atoms with Crippen molar-refractivity contribution in [2.75, 3.05) is 26.2 Å². The topological polar surface area (TPSA) is 6.48 Å². The number of alkyl halides is 6. The zero-order valence-electron chi connectivity index (χ0n) is 20.9. The third kappa shape index (κ3) is 4.71. The van der Waals surface area contributed by atoms with E-state index in [0.717, 1.165) is 0 Å². The molecule has 10 heteroatoms. The molecule has 2 nitrogen and oxygen atoms in total. The summed E-state index contributed by atoms with van der Waals surface area (Å²) in [5.74, 6) is -15.6. The maximum Gasteiger partial charge on any atom is 0.380 e. The zero-order chi connectivity index (χ0) is 26.3. The minimum Gasteiger partial charge on any atom is -0.299 e. The van der Waals surface area contributed by atoms with Gasteiger partial charge >= 0.3 is 17.8 Å². The van der Waals surface area contributed by atoms with Crippen LogP contribution in [0.1, 0.15) is 58.3 Å². The van der Waals surface area contributed by atoms with Crippen molar-refractivity contribution >= 4 is 33.8 Å². The summed E-state index contributed by atoms with van der Waals surface area (Å²) in [5, 5.41) is 0. The molecule has 1 aliphatic carbocycles. The Kier molecular flexibility index (Phi) is 8.21. The summed E-state index contributed by atoms with van der Waals surface area (Å²) in [5.41, 5.74) is -2.88. The second-order valence-corrected chi connectivity index (χ2v) is 11.5. The van der Waals surface area contributed by atoms with Gasteiger partial charge in [0.1, 0.15) is 0 Å². The zero-order valence-corrected chi connectivity index (χ0v) is 22.5. The fourth-order valence-corrected chi connectivity index (χ4v) is 6.68. The molecule has 2 aromatic heterocycles. The predicted molar refractivity (Wildman–Crippen MR) is 133 cm³/mol. The Morgan fingerprint density at radius 2 is 0.943 bits per heavy atom. The van der Waals surface area contributed by atoms with Crippen molar-refractivity contribution in [3.63, 3.8) is 0 Å². The van der Waals surface area contributed by atoms with Crippen molar-refractivity contribution in [2.24, 2.45) is 0 Å². The van der Waals surface area contributed by atoms with Crippen LogP contribution in [0.15, 0.2) is 12.1 Å². The van der Waals surface area contributed by atoms with E-state index in [2.05, 4.69) is 0 Å². The van der Waals surface area contributed by atoms with Crippen LogP contribution in [0.3, 0.4) is 0 Å². The average Bonchev–Trinajstić information content (AvgIpc) is 3.36. The molecule has 0 aromatic carbocycles. The number of nitrogens with zero attached hydrogens (tertiary/aromatic N) is 2. The van der Waals surface area contributed by atoms with E-state index >= 15 is 17.6 Å². The molecule has 0 bridgehead atoms. The number of aryl methyl sites for hydroxylation is 2. The normalized spacial score (nSPS) is 18.9. The number of allylic oxidation sites excluding steroid dienone is 2. The first-order valence-corrected chi connectivity index (χ1v) is 13.4. The van der Waals surface area contributed by atoms with Gasteiger partial charge in [-0.25, -0.2) is 0 Å². The van der Waals surface area contributed by atoms with Gasteiger partial charge < -0.3 is 0 Å². The predicted octanol–water partition coefficient (Wildman–Crippen LogP) is 7.94. The van der Waals surface area contributed by atoms with Crippen molar-refractivity contribution in [2.45, 2.75) is 72.4 Å². The molecule has 0 unspecified atom stereocenters. The highest BCUT2D eigenvalue weighted by atomic mass is 32.1. The van der Waals surface area contributed by atoms with E-state index in [0.29, 0.717) is 45.7 Å². The van der Waals surface area contributed by atoms with E-state index < -0.39 is 28.9 Å². The van der Waals surface area contributed by atoms with Gasteiger partial charge in [0.25, 0.3) is 0 Å². The number of rotatable bonds is 10. The molecular weight excluding hydrogens is 506 g/mol. The van der Waals surface area contributed by atoms with Crippen molar-refractivity contribution in [1.29, 1.82) is 0 Å². The second-order valence-electron chi connectivity index (χ2n) is 8.78. The SMILES string of the molecule is CCN(CC)Cc1sc(C)cc1C1=C(c2cc(C)sc2CN(CC)CC)C(F)(F)C(F)(F)C1(F)F. The summed E-state index contributed by atoms with van der Waals surface area (Å²) in [6, 6.07) is 2.71. The van der Waals surface area contributed by atoms with Crippen molar-refractivity contribution < 1.29 is 26.3 Å². The molecule has 0 amide bonds. The van der Waals surface area contributed by atoms with Gasteiger partial charge in [0.2, 0.25) is 0 Å². The Labute approximate surface area is 211 Å². The molecule has 0 fully saturated rings. The van der Waals surface area contributed by atoms with E-state index in [4.69, 9.17) is 0 Å².